The van der Waals surface area contributed by atoms with Gasteiger partial charge in [-0.3, -0.25) is 0 Å². The van der Waals surface area contributed by atoms with Crippen molar-refractivity contribution in [3.8, 4) is 0 Å². The first-order valence-electron chi connectivity index (χ1n) is 8.91. The molecule has 23 heavy (non-hydrogen) atoms. The summed E-state index contributed by atoms with van der Waals surface area (Å²) in [5.74, 6) is 0. The van der Waals surface area contributed by atoms with Crippen molar-refractivity contribution < 1.29 is 14.6 Å². The van der Waals surface area contributed by atoms with Gasteiger partial charge >= 0.3 is 0 Å². The first-order chi connectivity index (χ1) is 11.2. The maximum Gasteiger partial charge on any atom is 0.0916 e. The van der Waals surface area contributed by atoms with Crippen LogP contribution in [0, 0.1) is 6.92 Å². The summed E-state index contributed by atoms with van der Waals surface area (Å²) in [6, 6.07) is 8.17. The molecule has 0 saturated carbocycles. The number of β-amino-alcohol motifs (C(OH)–C–C–N with tert-alkyl or cyclic N) is 1. The fourth-order valence-electron chi connectivity index (χ4n) is 3.42. The van der Waals surface area contributed by atoms with E-state index in [2.05, 4.69) is 24.0 Å². The maximum atomic E-state index is 10.4. The van der Waals surface area contributed by atoms with E-state index in [1.165, 1.54) is 12.0 Å². The number of nitrogens with zero attached hydrogens (tertiary/aromatic N) is 1. The second kappa shape index (κ2) is 8.25. The summed E-state index contributed by atoms with van der Waals surface area (Å²) in [7, 11) is 0. The molecular weight excluding hydrogens is 290 g/mol. The number of hydrogen-bond acceptors (Lipinski definition) is 4. The Labute approximate surface area is 139 Å². The van der Waals surface area contributed by atoms with Gasteiger partial charge < -0.3 is 19.5 Å². The summed E-state index contributed by atoms with van der Waals surface area (Å²) in [6.07, 6.45) is 4.68. The van der Waals surface area contributed by atoms with Gasteiger partial charge in [0.15, 0.2) is 0 Å². The predicted molar refractivity (Wildman–Crippen MR) is 90.5 cm³/mol. The topological polar surface area (TPSA) is 41.9 Å². The summed E-state index contributed by atoms with van der Waals surface area (Å²) in [4.78, 5) is 2.34. The highest BCUT2D eigenvalue weighted by molar-refractivity contribution is 5.23. The number of aliphatic hydroxyl groups excluding tert-OH is 1. The molecule has 0 bridgehead atoms. The van der Waals surface area contributed by atoms with Gasteiger partial charge in [0.25, 0.3) is 0 Å². The highest BCUT2D eigenvalue weighted by Crippen LogP contribution is 2.20. The van der Waals surface area contributed by atoms with E-state index in [1.54, 1.807) is 0 Å². The van der Waals surface area contributed by atoms with E-state index in [4.69, 9.17) is 9.47 Å². The number of piperidine rings is 1. The van der Waals surface area contributed by atoms with Crippen molar-refractivity contribution in [2.75, 3.05) is 32.8 Å². The number of benzene rings is 1. The molecule has 2 saturated heterocycles. The number of aryl methyl sites for hydroxylation is 1. The molecule has 2 fully saturated rings. The lowest BCUT2D eigenvalue weighted by molar-refractivity contribution is -0.0453. The van der Waals surface area contributed by atoms with E-state index in [0.717, 1.165) is 51.1 Å². The van der Waals surface area contributed by atoms with Crippen LogP contribution in [0.3, 0.4) is 0 Å². The average Bonchev–Trinajstić information content (AvgIpc) is 3.08. The second-order valence-corrected chi connectivity index (χ2v) is 6.89. The molecule has 0 amide bonds. The number of hydrogen-bond donors (Lipinski definition) is 1. The lowest BCUT2D eigenvalue weighted by atomic mass is 10.0. The molecule has 0 spiro atoms. The van der Waals surface area contributed by atoms with Gasteiger partial charge in [-0.2, -0.15) is 0 Å². The van der Waals surface area contributed by atoms with Crippen LogP contribution in [0.25, 0.3) is 0 Å². The molecule has 1 aromatic carbocycles. The van der Waals surface area contributed by atoms with Crippen molar-refractivity contribution in [1.82, 2.24) is 4.90 Å². The third-order valence-corrected chi connectivity index (χ3v) is 4.97. The number of aliphatic hydroxyl groups is 1. The van der Waals surface area contributed by atoms with Gasteiger partial charge in [-0.25, -0.2) is 0 Å². The molecule has 2 atom stereocenters. The molecule has 2 aliphatic rings. The number of ether oxygens (including phenoxy) is 2. The van der Waals surface area contributed by atoms with Crippen LogP contribution in [0.2, 0.25) is 0 Å². The fourth-order valence-corrected chi connectivity index (χ4v) is 3.42. The molecule has 2 aliphatic heterocycles. The Bertz CT molecular complexity index is 462. The SMILES string of the molecule is Cc1ccc(C(O)CN2CCC(OCC3CCCO3)CC2)cc1. The quantitative estimate of drug-likeness (QED) is 0.875. The number of likely N-dealkylation sites (tertiary alicyclic amines) is 1. The standard InChI is InChI=1S/C19H29NO3/c1-15-4-6-16(7-5-15)19(21)13-20-10-8-17(9-11-20)23-14-18-3-2-12-22-18/h4-7,17-19,21H,2-3,8-14H2,1H3. The lowest BCUT2D eigenvalue weighted by Crippen LogP contribution is -2.39. The third kappa shape index (κ3) is 5.01. The molecular formula is C19H29NO3. The molecule has 4 nitrogen and oxygen atoms in total. The lowest BCUT2D eigenvalue weighted by Gasteiger charge is -2.33. The van der Waals surface area contributed by atoms with Crippen LogP contribution in [0.15, 0.2) is 24.3 Å². The molecule has 0 radical (unpaired) electrons. The molecule has 3 rings (SSSR count). The van der Waals surface area contributed by atoms with Crippen molar-refractivity contribution in [3.63, 3.8) is 0 Å². The minimum absolute atomic E-state index is 0.316. The summed E-state index contributed by atoms with van der Waals surface area (Å²) in [5.41, 5.74) is 2.23. The monoisotopic (exact) mass is 319 g/mol. The van der Waals surface area contributed by atoms with Crippen molar-refractivity contribution in [2.45, 2.75) is 50.9 Å². The normalized spacial score (nSPS) is 24.9. The van der Waals surface area contributed by atoms with E-state index in [-0.39, 0.29) is 0 Å². The van der Waals surface area contributed by atoms with Crippen molar-refractivity contribution in [3.05, 3.63) is 35.4 Å². The van der Waals surface area contributed by atoms with E-state index in [0.29, 0.717) is 18.8 Å². The minimum atomic E-state index is -0.403. The van der Waals surface area contributed by atoms with Gasteiger partial charge in [0, 0.05) is 26.2 Å². The van der Waals surface area contributed by atoms with Crippen LogP contribution in [0.5, 0.6) is 0 Å². The minimum Gasteiger partial charge on any atom is -0.387 e. The van der Waals surface area contributed by atoms with Crippen molar-refractivity contribution >= 4 is 0 Å². The Kier molecular flexibility index (Phi) is 6.06. The van der Waals surface area contributed by atoms with Crippen LogP contribution in [-0.2, 0) is 9.47 Å². The molecule has 1 aromatic rings. The molecule has 1 N–H and O–H groups in total. The first-order valence-corrected chi connectivity index (χ1v) is 8.91. The third-order valence-electron chi connectivity index (χ3n) is 4.97. The second-order valence-electron chi connectivity index (χ2n) is 6.89. The molecule has 2 heterocycles. The Morgan fingerprint density at radius 1 is 1.22 bits per heavy atom. The van der Waals surface area contributed by atoms with Gasteiger partial charge in [-0.05, 0) is 38.2 Å². The molecule has 128 valence electrons. The van der Waals surface area contributed by atoms with E-state index in [9.17, 15) is 5.11 Å². The van der Waals surface area contributed by atoms with Crippen LogP contribution >= 0.6 is 0 Å². The van der Waals surface area contributed by atoms with Crippen molar-refractivity contribution in [1.29, 1.82) is 0 Å². The van der Waals surface area contributed by atoms with E-state index < -0.39 is 6.10 Å². The summed E-state index contributed by atoms with van der Waals surface area (Å²) in [6.45, 7) is 6.41. The van der Waals surface area contributed by atoms with Crippen LogP contribution < -0.4 is 0 Å². The Hall–Kier alpha value is -0.940. The van der Waals surface area contributed by atoms with Gasteiger partial charge in [0.1, 0.15) is 0 Å². The van der Waals surface area contributed by atoms with Crippen LogP contribution in [-0.4, -0.2) is 55.1 Å². The molecule has 2 unspecified atom stereocenters. The Morgan fingerprint density at radius 2 is 1.96 bits per heavy atom. The number of rotatable bonds is 6. The highest BCUT2D eigenvalue weighted by atomic mass is 16.5. The summed E-state index contributed by atoms with van der Waals surface area (Å²) >= 11 is 0. The zero-order chi connectivity index (χ0) is 16.1. The molecule has 4 heteroatoms. The van der Waals surface area contributed by atoms with Gasteiger partial charge in [-0.15, -0.1) is 0 Å². The average molecular weight is 319 g/mol. The smallest absolute Gasteiger partial charge is 0.0916 e. The Morgan fingerprint density at radius 3 is 2.61 bits per heavy atom. The highest BCUT2D eigenvalue weighted by Gasteiger charge is 2.24. The van der Waals surface area contributed by atoms with E-state index >= 15 is 0 Å². The van der Waals surface area contributed by atoms with Gasteiger partial charge in [-0.1, -0.05) is 29.8 Å². The predicted octanol–water partition coefficient (Wildman–Crippen LogP) is 2.69. The van der Waals surface area contributed by atoms with Crippen LogP contribution in [0.1, 0.15) is 42.9 Å². The van der Waals surface area contributed by atoms with E-state index in [1.807, 2.05) is 12.1 Å². The van der Waals surface area contributed by atoms with Gasteiger partial charge in [0.2, 0.25) is 0 Å². The summed E-state index contributed by atoms with van der Waals surface area (Å²) < 4.78 is 11.6. The largest absolute Gasteiger partial charge is 0.387 e. The zero-order valence-electron chi connectivity index (χ0n) is 14.1. The van der Waals surface area contributed by atoms with Gasteiger partial charge in [0.05, 0.1) is 24.9 Å². The molecule has 0 aliphatic carbocycles. The van der Waals surface area contributed by atoms with Crippen LogP contribution in [0.4, 0.5) is 0 Å². The summed E-state index contributed by atoms with van der Waals surface area (Å²) in [5, 5.41) is 10.4. The zero-order valence-corrected chi connectivity index (χ0v) is 14.1. The maximum absolute atomic E-state index is 10.4. The van der Waals surface area contributed by atoms with Crippen molar-refractivity contribution in [2.24, 2.45) is 0 Å². The molecule has 0 aromatic heterocycles. The fraction of sp³-hybridized carbons (Fsp3) is 0.684. The first kappa shape index (κ1) is 16.9. The Balaban J connectivity index is 1.37.